The molecule has 1 fully saturated rings. The summed E-state index contributed by atoms with van der Waals surface area (Å²) in [6.07, 6.45) is 1.02. The van der Waals surface area contributed by atoms with Gasteiger partial charge in [-0.1, -0.05) is 0 Å². The van der Waals surface area contributed by atoms with E-state index in [2.05, 4.69) is 0 Å². The van der Waals surface area contributed by atoms with Gasteiger partial charge in [0.05, 0.1) is 6.61 Å². The zero-order valence-corrected chi connectivity index (χ0v) is 10.2. The highest BCUT2D eigenvalue weighted by molar-refractivity contribution is 7.19. The van der Waals surface area contributed by atoms with Crippen molar-refractivity contribution in [2.45, 2.75) is 12.5 Å². The minimum Gasteiger partial charge on any atom is -0.381 e. The van der Waals surface area contributed by atoms with Gasteiger partial charge in [0.1, 0.15) is 5.82 Å². The standard InChI is InChI=1S/C13H14FNOS/c14-10-1-2-11-9(5-10)6-12(17-11)13(15)8-3-4-16-7-8/h1-2,5-6,8,13H,3-4,7,15H2. The molecule has 2 unspecified atom stereocenters. The highest BCUT2D eigenvalue weighted by Gasteiger charge is 2.25. The van der Waals surface area contributed by atoms with Crippen molar-refractivity contribution in [3.8, 4) is 0 Å². The van der Waals surface area contributed by atoms with Gasteiger partial charge in [-0.2, -0.15) is 0 Å². The fourth-order valence-electron chi connectivity index (χ4n) is 2.27. The van der Waals surface area contributed by atoms with Crippen LogP contribution in [0.3, 0.4) is 0 Å². The van der Waals surface area contributed by atoms with E-state index in [1.807, 2.05) is 12.1 Å². The molecule has 2 nitrogen and oxygen atoms in total. The zero-order valence-electron chi connectivity index (χ0n) is 9.36. The molecule has 17 heavy (non-hydrogen) atoms. The summed E-state index contributed by atoms with van der Waals surface area (Å²) in [5, 5.41) is 0.944. The van der Waals surface area contributed by atoms with Crippen LogP contribution in [0, 0.1) is 11.7 Å². The molecule has 0 radical (unpaired) electrons. The van der Waals surface area contributed by atoms with Crippen LogP contribution < -0.4 is 5.73 Å². The van der Waals surface area contributed by atoms with Crippen LogP contribution in [0.25, 0.3) is 10.1 Å². The monoisotopic (exact) mass is 251 g/mol. The summed E-state index contributed by atoms with van der Waals surface area (Å²) in [4.78, 5) is 1.13. The van der Waals surface area contributed by atoms with Crippen LogP contribution in [0.5, 0.6) is 0 Å². The number of thiophene rings is 1. The first-order valence-corrected chi connectivity index (χ1v) is 6.58. The Balaban J connectivity index is 1.94. The van der Waals surface area contributed by atoms with Crippen molar-refractivity contribution in [3.63, 3.8) is 0 Å². The first-order valence-electron chi connectivity index (χ1n) is 5.76. The lowest BCUT2D eigenvalue weighted by molar-refractivity contribution is 0.181. The topological polar surface area (TPSA) is 35.2 Å². The van der Waals surface area contributed by atoms with Crippen molar-refractivity contribution < 1.29 is 9.13 Å². The van der Waals surface area contributed by atoms with E-state index in [-0.39, 0.29) is 11.9 Å². The van der Waals surface area contributed by atoms with Crippen LogP contribution in [0.4, 0.5) is 4.39 Å². The van der Waals surface area contributed by atoms with Gasteiger partial charge in [0, 0.05) is 28.1 Å². The first kappa shape index (κ1) is 11.1. The smallest absolute Gasteiger partial charge is 0.123 e. The molecule has 0 bridgehead atoms. The highest BCUT2D eigenvalue weighted by atomic mass is 32.1. The normalized spacial score (nSPS) is 22.1. The summed E-state index contributed by atoms with van der Waals surface area (Å²) in [7, 11) is 0. The Kier molecular flexibility index (Phi) is 2.86. The van der Waals surface area contributed by atoms with E-state index < -0.39 is 0 Å². The SMILES string of the molecule is NC(c1cc2cc(F)ccc2s1)C1CCOC1. The van der Waals surface area contributed by atoms with E-state index in [1.165, 1.54) is 6.07 Å². The molecule has 0 spiro atoms. The third kappa shape index (κ3) is 2.08. The predicted octanol–water partition coefficient (Wildman–Crippen LogP) is 3.08. The van der Waals surface area contributed by atoms with Crippen LogP contribution in [-0.2, 0) is 4.74 Å². The molecule has 0 aliphatic carbocycles. The molecule has 4 heteroatoms. The van der Waals surface area contributed by atoms with E-state index in [0.717, 1.165) is 34.6 Å². The Bertz CT molecular complexity index is 533. The third-order valence-electron chi connectivity index (χ3n) is 3.30. The minimum absolute atomic E-state index is 0.0120. The molecule has 2 atom stereocenters. The highest BCUT2D eigenvalue weighted by Crippen LogP contribution is 2.34. The molecule has 2 aromatic rings. The molecule has 2 N–H and O–H groups in total. The molecule has 90 valence electrons. The number of ether oxygens (including phenoxy) is 1. The maximum atomic E-state index is 13.1. The van der Waals surface area contributed by atoms with Crippen molar-refractivity contribution in [2.24, 2.45) is 11.7 Å². The fraction of sp³-hybridized carbons (Fsp3) is 0.385. The van der Waals surface area contributed by atoms with Crippen LogP contribution in [0.2, 0.25) is 0 Å². The average Bonchev–Trinajstić information content (AvgIpc) is 2.96. The Labute approximate surface area is 103 Å². The van der Waals surface area contributed by atoms with Crippen molar-refractivity contribution in [2.75, 3.05) is 13.2 Å². The average molecular weight is 251 g/mol. The summed E-state index contributed by atoms with van der Waals surface area (Å²) < 4.78 is 19.6. The lowest BCUT2D eigenvalue weighted by Crippen LogP contribution is -2.20. The molecule has 0 saturated carbocycles. The molecular weight excluding hydrogens is 237 g/mol. The molecule has 1 saturated heterocycles. The summed E-state index contributed by atoms with van der Waals surface area (Å²) in [6.45, 7) is 1.54. The number of nitrogens with two attached hydrogens (primary N) is 1. The fourth-order valence-corrected chi connectivity index (χ4v) is 3.41. The summed E-state index contributed by atoms with van der Waals surface area (Å²) >= 11 is 1.65. The van der Waals surface area contributed by atoms with Gasteiger partial charge in [-0.3, -0.25) is 0 Å². The maximum absolute atomic E-state index is 13.1. The van der Waals surface area contributed by atoms with E-state index in [4.69, 9.17) is 10.5 Å². The van der Waals surface area contributed by atoms with Crippen molar-refractivity contribution in [1.82, 2.24) is 0 Å². The van der Waals surface area contributed by atoms with Crippen LogP contribution >= 0.6 is 11.3 Å². The minimum atomic E-state index is -0.195. The molecule has 1 aliphatic rings. The quantitative estimate of drug-likeness (QED) is 0.890. The Hall–Kier alpha value is -0.970. The van der Waals surface area contributed by atoms with Crippen LogP contribution in [0.15, 0.2) is 24.3 Å². The predicted molar refractivity (Wildman–Crippen MR) is 67.6 cm³/mol. The maximum Gasteiger partial charge on any atom is 0.123 e. The number of fused-ring (bicyclic) bond motifs is 1. The van der Waals surface area contributed by atoms with Gasteiger partial charge < -0.3 is 10.5 Å². The van der Waals surface area contributed by atoms with Crippen molar-refractivity contribution in [3.05, 3.63) is 35.0 Å². The van der Waals surface area contributed by atoms with E-state index in [9.17, 15) is 4.39 Å². The molecule has 1 aromatic carbocycles. The van der Waals surface area contributed by atoms with E-state index >= 15 is 0 Å². The number of hydrogen-bond acceptors (Lipinski definition) is 3. The van der Waals surface area contributed by atoms with E-state index in [1.54, 1.807) is 17.4 Å². The Morgan fingerprint density at radius 2 is 2.29 bits per heavy atom. The Morgan fingerprint density at radius 1 is 1.41 bits per heavy atom. The summed E-state index contributed by atoms with van der Waals surface area (Å²) in [5.41, 5.74) is 6.24. The van der Waals surface area contributed by atoms with Gasteiger partial charge in [-0.25, -0.2) is 4.39 Å². The van der Waals surface area contributed by atoms with Gasteiger partial charge in [0.25, 0.3) is 0 Å². The molecular formula is C13H14FNOS. The summed E-state index contributed by atoms with van der Waals surface area (Å²) in [6, 6.07) is 6.89. The van der Waals surface area contributed by atoms with Gasteiger partial charge in [-0.15, -0.1) is 11.3 Å². The van der Waals surface area contributed by atoms with Crippen molar-refractivity contribution >= 4 is 21.4 Å². The van der Waals surface area contributed by atoms with Crippen LogP contribution in [-0.4, -0.2) is 13.2 Å². The lowest BCUT2D eigenvalue weighted by atomic mass is 9.98. The van der Waals surface area contributed by atoms with Gasteiger partial charge in [0.2, 0.25) is 0 Å². The second-order valence-corrected chi connectivity index (χ2v) is 5.60. The lowest BCUT2D eigenvalue weighted by Gasteiger charge is -2.15. The second-order valence-electron chi connectivity index (χ2n) is 4.48. The van der Waals surface area contributed by atoms with Gasteiger partial charge in [-0.05, 0) is 36.1 Å². The molecule has 3 rings (SSSR count). The van der Waals surface area contributed by atoms with Gasteiger partial charge >= 0.3 is 0 Å². The van der Waals surface area contributed by atoms with Crippen LogP contribution in [0.1, 0.15) is 17.3 Å². The molecule has 2 heterocycles. The number of benzene rings is 1. The summed E-state index contributed by atoms with van der Waals surface area (Å²) in [5.74, 6) is 0.201. The van der Waals surface area contributed by atoms with Crippen molar-refractivity contribution in [1.29, 1.82) is 0 Å². The third-order valence-corrected chi connectivity index (χ3v) is 4.52. The van der Waals surface area contributed by atoms with E-state index in [0.29, 0.717) is 5.92 Å². The Morgan fingerprint density at radius 3 is 3.06 bits per heavy atom. The second kappa shape index (κ2) is 4.37. The molecule has 1 aliphatic heterocycles. The first-order chi connectivity index (χ1) is 8.24. The number of rotatable bonds is 2. The molecule has 0 amide bonds. The largest absolute Gasteiger partial charge is 0.381 e. The zero-order chi connectivity index (χ0) is 11.8. The number of hydrogen-bond donors (Lipinski definition) is 1. The van der Waals surface area contributed by atoms with Gasteiger partial charge in [0.15, 0.2) is 0 Å². The molecule has 1 aromatic heterocycles. The number of halogens is 1.